The zero-order valence-electron chi connectivity index (χ0n) is 12.6. The maximum atomic E-state index is 12.0. The summed E-state index contributed by atoms with van der Waals surface area (Å²) >= 11 is 6.09. The summed E-state index contributed by atoms with van der Waals surface area (Å²) in [5, 5.41) is 7.99. The van der Waals surface area contributed by atoms with Crippen LogP contribution >= 0.6 is 11.6 Å². The maximum Gasteiger partial charge on any atom is 0.222 e. The van der Waals surface area contributed by atoms with Crippen LogP contribution in [0.3, 0.4) is 0 Å². The summed E-state index contributed by atoms with van der Waals surface area (Å²) in [7, 11) is 0. The largest absolute Gasteiger partial charge is 0.350 e. The first kappa shape index (κ1) is 15.6. The number of aromatic nitrogens is 2. The molecule has 1 amide bonds. The Morgan fingerprint density at radius 3 is 2.57 bits per heavy atom. The van der Waals surface area contributed by atoms with Crippen molar-refractivity contribution in [3.8, 4) is 0 Å². The van der Waals surface area contributed by atoms with E-state index in [-0.39, 0.29) is 11.9 Å². The lowest BCUT2D eigenvalue weighted by atomic mass is 10.1. The predicted octanol–water partition coefficient (Wildman–Crippen LogP) is 3.42. The van der Waals surface area contributed by atoms with Gasteiger partial charge < -0.3 is 5.32 Å². The molecule has 1 N–H and O–H groups in total. The van der Waals surface area contributed by atoms with Crippen molar-refractivity contribution >= 4 is 17.5 Å². The highest BCUT2D eigenvalue weighted by molar-refractivity contribution is 6.31. The normalized spacial score (nSPS) is 12.2. The third-order valence-electron chi connectivity index (χ3n) is 3.52. The number of nitrogens with zero attached hydrogens (tertiary/aromatic N) is 2. The molecule has 1 aromatic carbocycles. The number of amides is 1. The lowest BCUT2D eigenvalue weighted by Crippen LogP contribution is -2.27. The second-order valence-corrected chi connectivity index (χ2v) is 5.54. The van der Waals surface area contributed by atoms with E-state index in [1.807, 2.05) is 51.1 Å². The summed E-state index contributed by atoms with van der Waals surface area (Å²) in [4.78, 5) is 12.0. The lowest BCUT2D eigenvalue weighted by Gasteiger charge is -2.14. The van der Waals surface area contributed by atoms with E-state index in [2.05, 4.69) is 10.4 Å². The van der Waals surface area contributed by atoms with Gasteiger partial charge in [-0.25, -0.2) is 0 Å². The summed E-state index contributed by atoms with van der Waals surface area (Å²) in [6.07, 6.45) is 0.384. The van der Waals surface area contributed by atoms with Gasteiger partial charge in [0.1, 0.15) is 0 Å². The van der Waals surface area contributed by atoms with Crippen molar-refractivity contribution in [2.24, 2.45) is 0 Å². The minimum atomic E-state index is 0.00254. The molecule has 2 aromatic rings. The zero-order chi connectivity index (χ0) is 15.4. The molecule has 0 radical (unpaired) electrons. The number of nitrogens with one attached hydrogen (secondary N) is 1. The van der Waals surface area contributed by atoms with E-state index in [9.17, 15) is 4.79 Å². The smallest absolute Gasteiger partial charge is 0.222 e. The van der Waals surface area contributed by atoms with Crippen molar-refractivity contribution in [3.05, 3.63) is 52.3 Å². The highest BCUT2D eigenvalue weighted by Gasteiger charge is 2.12. The summed E-state index contributed by atoms with van der Waals surface area (Å²) in [6, 6.07) is 9.91. The van der Waals surface area contributed by atoms with Crippen LogP contribution in [0.15, 0.2) is 30.3 Å². The fraction of sp³-hybridized carbons (Fsp3) is 0.375. The summed E-state index contributed by atoms with van der Waals surface area (Å²) in [5.74, 6) is 0.00929. The number of rotatable bonds is 5. The van der Waals surface area contributed by atoms with Crippen molar-refractivity contribution in [3.63, 3.8) is 0 Å². The molecular weight excluding hydrogens is 286 g/mol. The summed E-state index contributed by atoms with van der Waals surface area (Å²) in [6.45, 7) is 6.29. The van der Waals surface area contributed by atoms with Gasteiger partial charge in [-0.1, -0.05) is 41.9 Å². The molecule has 1 aromatic heterocycles. The molecule has 1 heterocycles. The highest BCUT2D eigenvalue weighted by atomic mass is 35.5. The molecule has 1 unspecified atom stereocenters. The van der Waals surface area contributed by atoms with E-state index in [0.29, 0.717) is 18.0 Å². The molecule has 0 saturated heterocycles. The van der Waals surface area contributed by atoms with Gasteiger partial charge in [-0.2, -0.15) is 5.10 Å². The molecule has 0 aliphatic carbocycles. The molecule has 0 bridgehead atoms. The van der Waals surface area contributed by atoms with E-state index in [0.717, 1.165) is 17.0 Å². The Kier molecular flexibility index (Phi) is 5.02. The molecule has 2 rings (SSSR count). The molecule has 21 heavy (non-hydrogen) atoms. The van der Waals surface area contributed by atoms with Gasteiger partial charge in [-0.05, 0) is 26.3 Å². The molecule has 1 atom stereocenters. The van der Waals surface area contributed by atoms with Gasteiger partial charge in [0.15, 0.2) is 0 Å². The number of hydrogen-bond donors (Lipinski definition) is 1. The Bertz CT molecular complexity index is 622. The van der Waals surface area contributed by atoms with Gasteiger partial charge in [0.25, 0.3) is 0 Å². The van der Waals surface area contributed by atoms with Crippen LogP contribution in [0.25, 0.3) is 0 Å². The average molecular weight is 306 g/mol. The predicted molar refractivity (Wildman–Crippen MR) is 84.3 cm³/mol. The minimum absolute atomic E-state index is 0.00254. The van der Waals surface area contributed by atoms with Crippen molar-refractivity contribution in [1.29, 1.82) is 0 Å². The summed E-state index contributed by atoms with van der Waals surface area (Å²) < 4.78 is 1.78. The molecule has 0 aliphatic heterocycles. The number of aryl methyl sites for hydroxylation is 2. The van der Waals surface area contributed by atoms with Crippen LogP contribution in [0.2, 0.25) is 5.02 Å². The minimum Gasteiger partial charge on any atom is -0.350 e. The van der Waals surface area contributed by atoms with Crippen LogP contribution < -0.4 is 5.32 Å². The zero-order valence-corrected chi connectivity index (χ0v) is 13.3. The second kappa shape index (κ2) is 6.76. The standard InChI is InChI=1S/C16H20ClN3O/c1-11(14-7-5-4-6-8-14)18-15(21)9-10-20-13(3)16(17)12(2)19-20/h4-8,11H,9-10H2,1-3H3,(H,18,21). The molecular formula is C16H20ClN3O. The number of carbonyl (C=O) groups is 1. The van der Waals surface area contributed by atoms with E-state index in [1.54, 1.807) is 4.68 Å². The molecule has 5 heteroatoms. The molecule has 0 spiro atoms. The number of halogens is 1. The monoisotopic (exact) mass is 305 g/mol. The molecule has 0 saturated carbocycles. The van der Waals surface area contributed by atoms with Crippen LogP contribution in [0.5, 0.6) is 0 Å². The Labute approximate surface area is 130 Å². The summed E-state index contributed by atoms with van der Waals surface area (Å²) in [5.41, 5.74) is 2.80. The first-order valence-electron chi connectivity index (χ1n) is 7.03. The Hall–Kier alpha value is -1.81. The Morgan fingerprint density at radius 2 is 2.00 bits per heavy atom. The highest BCUT2D eigenvalue weighted by Crippen LogP contribution is 2.19. The third-order valence-corrected chi connectivity index (χ3v) is 4.07. The molecule has 4 nitrogen and oxygen atoms in total. The van der Waals surface area contributed by atoms with Crippen LogP contribution in [-0.2, 0) is 11.3 Å². The third kappa shape index (κ3) is 3.85. The maximum absolute atomic E-state index is 12.0. The van der Waals surface area contributed by atoms with Crippen LogP contribution in [0, 0.1) is 13.8 Å². The van der Waals surface area contributed by atoms with Crippen molar-refractivity contribution in [2.75, 3.05) is 0 Å². The fourth-order valence-electron chi connectivity index (χ4n) is 2.24. The van der Waals surface area contributed by atoms with Crippen molar-refractivity contribution in [1.82, 2.24) is 15.1 Å². The first-order chi connectivity index (χ1) is 9.99. The average Bonchev–Trinajstić information content (AvgIpc) is 2.73. The van der Waals surface area contributed by atoms with Crippen LogP contribution in [-0.4, -0.2) is 15.7 Å². The van der Waals surface area contributed by atoms with E-state index in [1.165, 1.54) is 0 Å². The Morgan fingerprint density at radius 1 is 1.33 bits per heavy atom. The number of hydrogen-bond acceptors (Lipinski definition) is 2. The lowest BCUT2D eigenvalue weighted by molar-refractivity contribution is -0.122. The SMILES string of the molecule is Cc1nn(CCC(=O)NC(C)c2ccccc2)c(C)c1Cl. The second-order valence-electron chi connectivity index (χ2n) is 5.16. The fourth-order valence-corrected chi connectivity index (χ4v) is 2.37. The van der Waals surface area contributed by atoms with E-state index >= 15 is 0 Å². The van der Waals surface area contributed by atoms with Crippen molar-refractivity contribution in [2.45, 2.75) is 39.8 Å². The topological polar surface area (TPSA) is 46.9 Å². The van der Waals surface area contributed by atoms with Gasteiger partial charge in [-0.3, -0.25) is 9.48 Å². The Balaban J connectivity index is 1.89. The molecule has 112 valence electrons. The quantitative estimate of drug-likeness (QED) is 0.920. The van der Waals surface area contributed by atoms with Crippen molar-refractivity contribution < 1.29 is 4.79 Å². The first-order valence-corrected chi connectivity index (χ1v) is 7.40. The van der Waals surface area contributed by atoms with Gasteiger partial charge in [0.05, 0.1) is 29.0 Å². The number of benzene rings is 1. The van der Waals surface area contributed by atoms with Crippen LogP contribution in [0.1, 0.15) is 36.3 Å². The molecule has 0 fully saturated rings. The van der Waals surface area contributed by atoms with Gasteiger partial charge in [0, 0.05) is 6.42 Å². The van der Waals surface area contributed by atoms with Crippen LogP contribution in [0.4, 0.5) is 0 Å². The van der Waals surface area contributed by atoms with Gasteiger partial charge >= 0.3 is 0 Å². The van der Waals surface area contributed by atoms with Gasteiger partial charge in [0.2, 0.25) is 5.91 Å². The van der Waals surface area contributed by atoms with Gasteiger partial charge in [-0.15, -0.1) is 0 Å². The van der Waals surface area contributed by atoms with E-state index < -0.39 is 0 Å². The van der Waals surface area contributed by atoms with E-state index in [4.69, 9.17) is 11.6 Å². The molecule has 0 aliphatic rings. The number of carbonyl (C=O) groups excluding carboxylic acids is 1.